The summed E-state index contributed by atoms with van der Waals surface area (Å²) in [6, 6.07) is 3.45. The maximum absolute atomic E-state index is 12.4. The Bertz CT molecular complexity index is 499. The first-order chi connectivity index (χ1) is 8.54. The maximum atomic E-state index is 12.4. The Kier molecular flexibility index (Phi) is 6.75. The van der Waals surface area contributed by atoms with Crippen LogP contribution in [0.2, 0.25) is 0 Å². The molecule has 0 unspecified atom stereocenters. The zero-order valence-corrected chi connectivity index (χ0v) is 14.7. The summed E-state index contributed by atoms with van der Waals surface area (Å²) in [5.74, 6) is 0.594. The van der Waals surface area contributed by atoms with E-state index in [1.54, 1.807) is 16.4 Å². The van der Waals surface area contributed by atoms with Crippen LogP contribution in [0.3, 0.4) is 0 Å². The molecule has 4 nitrogen and oxygen atoms in total. The number of sulfonamides is 1. The second-order valence-corrected chi connectivity index (χ2v) is 9.09. The van der Waals surface area contributed by atoms with Gasteiger partial charge in [0.25, 0.3) is 10.0 Å². The Balaban J connectivity index is 0.00000180. The standard InChI is InChI=1S/C11H17BrN2O2S2.ClH/c1-13-8-9-4-6-14(7-5-9)18(15,16)11-3-2-10(12)17-11;/h2-3,9,13H,4-8H2,1H3;1H. The highest BCUT2D eigenvalue weighted by Gasteiger charge is 2.30. The molecule has 1 aliphatic heterocycles. The summed E-state index contributed by atoms with van der Waals surface area (Å²) in [6.07, 6.45) is 1.87. The van der Waals surface area contributed by atoms with Crippen LogP contribution in [0.4, 0.5) is 0 Å². The van der Waals surface area contributed by atoms with E-state index in [1.807, 2.05) is 7.05 Å². The van der Waals surface area contributed by atoms with E-state index < -0.39 is 10.0 Å². The molecule has 19 heavy (non-hydrogen) atoms. The predicted molar refractivity (Wildman–Crippen MR) is 84.7 cm³/mol. The van der Waals surface area contributed by atoms with Crippen molar-refractivity contribution in [3.63, 3.8) is 0 Å². The van der Waals surface area contributed by atoms with Crippen molar-refractivity contribution < 1.29 is 8.42 Å². The van der Waals surface area contributed by atoms with Crippen LogP contribution in [0.1, 0.15) is 12.8 Å². The molecule has 110 valence electrons. The van der Waals surface area contributed by atoms with Gasteiger partial charge in [-0.3, -0.25) is 0 Å². The summed E-state index contributed by atoms with van der Waals surface area (Å²) in [4.78, 5) is 0. The number of hydrogen-bond donors (Lipinski definition) is 1. The SMILES string of the molecule is CNCC1CCN(S(=O)(=O)c2ccc(Br)s2)CC1.Cl. The van der Waals surface area contributed by atoms with Crippen LogP contribution in [-0.2, 0) is 10.0 Å². The van der Waals surface area contributed by atoms with Crippen LogP contribution < -0.4 is 5.32 Å². The molecule has 0 saturated carbocycles. The van der Waals surface area contributed by atoms with E-state index >= 15 is 0 Å². The fourth-order valence-corrected chi connectivity index (χ4v) is 5.84. The zero-order valence-electron chi connectivity index (χ0n) is 10.6. The number of thiophene rings is 1. The van der Waals surface area contributed by atoms with Crippen molar-refractivity contribution in [2.45, 2.75) is 17.1 Å². The van der Waals surface area contributed by atoms with Gasteiger partial charge < -0.3 is 5.32 Å². The molecule has 0 aromatic carbocycles. The summed E-state index contributed by atoms with van der Waals surface area (Å²) in [6.45, 7) is 2.23. The Hall–Kier alpha value is 0.340. The predicted octanol–water partition coefficient (Wildman–Crippen LogP) is 2.55. The normalized spacial score (nSPS) is 18.2. The summed E-state index contributed by atoms with van der Waals surface area (Å²) in [5, 5.41) is 3.15. The lowest BCUT2D eigenvalue weighted by molar-refractivity contribution is 0.271. The minimum atomic E-state index is -3.28. The number of piperidine rings is 1. The van der Waals surface area contributed by atoms with Crippen LogP contribution in [0.5, 0.6) is 0 Å². The summed E-state index contributed by atoms with van der Waals surface area (Å²) < 4.78 is 27.6. The molecule has 1 fully saturated rings. The molecule has 1 saturated heterocycles. The smallest absolute Gasteiger partial charge is 0.252 e. The Labute approximate surface area is 133 Å². The molecule has 0 amide bonds. The number of rotatable bonds is 4. The molecule has 1 aromatic rings. The third-order valence-electron chi connectivity index (χ3n) is 3.21. The number of halogens is 2. The van der Waals surface area contributed by atoms with Gasteiger partial charge in [0, 0.05) is 13.1 Å². The van der Waals surface area contributed by atoms with Gasteiger partial charge in [-0.2, -0.15) is 4.31 Å². The van der Waals surface area contributed by atoms with Gasteiger partial charge >= 0.3 is 0 Å². The van der Waals surface area contributed by atoms with Gasteiger partial charge in [0.05, 0.1) is 3.79 Å². The van der Waals surface area contributed by atoms with Gasteiger partial charge in [0.1, 0.15) is 4.21 Å². The highest BCUT2D eigenvalue weighted by atomic mass is 79.9. The van der Waals surface area contributed by atoms with Gasteiger partial charge in [-0.05, 0) is 60.4 Å². The van der Waals surface area contributed by atoms with Gasteiger partial charge in [0.2, 0.25) is 0 Å². The topological polar surface area (TPSA) is 49.4 Å². The van der Waals surface area contributed by atoms with Crippen LogP contribution in [-0.4, -0.2) is 39.4 Å². The molecule has 2 rings (SSSR count). The fourth-order valence-electron chi connectivity index (χ4n) is 2.21. The second-order valence-electron chi connectivity index (χ2n) is 4.46. The number of nitrogens with zero attached hydrogens (tertiary/aromatic N) is 1. The largest absolute Gasteiger partial charge is 0.319 e. The van der Waals surface area contributed by atoms with E-state index in [-0.39, 0.29) is 12.4 Å². The van der Waals surface area contributed by atoms with Gasteiger partial charge in [-0.25, -0.2) is 8.42 Å². The molecule has 1 aliphatic rings. The minimum Gasteiger partial charge on any atom is -0.319 e. The lowest BCUT2D eigenvalue weighted by Gasteiger charge is -2.30. The van der Waals surface area contributed by atoms with E-state index in [9.17, 15) is 8.42 Å². The van der Waals surface area contributed by atoms with Crippen molar-refractivity contribution in [3.05, 3.63) is 15.9 Å². The average molecular weight is 390 g/mol. The molecule has 1 N–H and O–H groups in total. The first-order valence-corrected chi connectivity index (χ1v) is 8.99. The molecule has 0 spiro atoms. The van der Waals surface area contributed by atoms with E-state index in [0.29, 0.717) is 23.2 Å². The van der Waals surface area contributed by atoms with Crippen LogP contribution >= 0.6 is 39.7 Å². The highest BCUT2D eigenvalue weighted by Crippen LogP contribution is 2.30. The zero-order chi connectivity index (χ0) is 13.2. The molecule has 8 heteroatoms. The third kappa shape index (κ3) is 4.15. The van der Waals surface area contributed by atoms with E-state index in [1.165, 1.54) is 11.3 Å². The summed E-state index contributed by atoms with van der Waals surface area (Å²) in [5.41, 5.74) is 0. The lowest BCUT2D eigenvalue weighted by Crippen LogP contribution is -2.40. The molecular weight excluding hydrogens is 372 g/mol. The van der Waals surface area contributed by atoms with Crippen LogP contribution in [0, 0.1) is 5.92 Å². The van der Waals surface area contributed by atoms with E-state index in [2.05, 4.69) is 21.2 Å². The third-order valence-corrected chi connectivity index (χ3v) is 7.20. The highest BCUT2D eigenvalue weighted by molar-refractivity contribution is 9.11. The molecule has 1 aromatic heterocycles. The minimum absolute atomic E-state index is 0. The van der Waals surface area contributed by atoms with E-state index in [4.69, 9.17) is 0 Å². The lowest BCUT2D eigenvalue weighted by atomic mass is 9.98. The average Bonchev–Trinajstić information content (AvgIpc) is 2.78. The van der Waals surface area contributed by atoms with Crippen molar-refractivity contribution in [3.8, 4) is 0 Å². The number of hydrogen-bond acceptors (Lipinski definition) is 4. The van der Waals surface area contributed by atoms with Gasteiger partial charge in [0.15, 0.2) is 0 Å². The molecule has 0 atom stereocenters. The fraction of sp³-hybridized carbons (Fsp3) is 0.636. The molecule has 0 radical (unpaired) electrons. The monoisotopic (exact) mass is 388 g/mol. The Morgan fingerprint density at radius 1 is 1.42 bits per heavy atom. The van der Waals surface area contributed by atoms with Crippen molar-refractivity contribution in [2.24, 2.45) is 5.92 Å². The van der Waals surface area contributed by atoms with Crippen LogP contribution in [0.25, 0.3) is 0 Å². The van der Waals surface area contributed by atoms with Crippen molar-refractivity contribution >= 4 is 49.7 Å². The first-order valence-electron chi connectivity index (χ1n) is 5.94. The first kappa shape index (κ1) is 17.4. The maximum Gasteiger partial charge on any atom is 0.252 e. The summed E-state index contributed by atoms with van der Waals surface area (Å²) in [7, 11) is -1.34. The Morgan fingerprint density at radius 2 is 2.05 bits per heavy atom. The second kappa shape index (κ2) is 7.38. The molecule has 0 bridgehead atoms. The van der Waals surface area contributed by atoms with Gasteiger partial charge in [-0.1, -0.05) is 0 Å². The van der Waals surface area contributed by atoms with Crippen molar-refractivity contribution in [1.29, 1.82) is 0 Å². The van der Waals surface area contributed by atoms with Crippen molar-refractivity contribution in [1.82, 2.24) is 9.62 Å². The van der Waals surface area contributed by atoms with Crippen molar-refractivity contribution in [2.75, 3.05) is 26.7 Å². The van der Waals surface area contributed by atoms with Crippen LogP contribution in [0.15, 0.2) is 20.1 Å². The number of nitrogens with one attached hydrogen (secondary N) is 1. The Morgan fingerprint density at radius 3 is 2.53 bits per heavy atom. The summed E-state index contributed by atoms with van der Waals surface area (Å²) >= 11 is 4.58. The van der Waals surface area contributed by atoms with E-state index in [0.717, 1.165) is 23.2 Å². The molecule has 0 aliphatic carbocycles. The molecular formula is C11H18BrClN2O2S2. The quantitative estimate of drug-likeness (QED) is 0.861. The van der Waals surface area contributed by atoms with Gasteiger partial charge in [-0.15, -0.1) is 23.7 Å². The molecule has 2 heterocycles.